The Labute approximate surface area is 204 Å². The van der Waals surface area contributed by atoms with Gasteiger partial charge in [0.2, 0.25) is 0 Å². The van der Waals surface area contributed by atoms with E-state index in [1.807, 2.05) is 48.0 Å². The first-order chi connectivity index (χ1) is 16.5. The molecule has 1 fully saturated rings. The maximum atomic E-state index is 12.7. The van der Waals surface area contributed by atoms with Crippen LogP contribution in [0, 0.1) is 19.8 Å². The minimum Gasteiger partial charge on any atom is -0.456 e. The molecule has 2 N–H and O–H groups in total. The monoisotopic (exact) mass is 476 g/mol. The lowest BCUT2D eigenvalue weighted by Crippen LogP contribution is -2.36. The number of rotatable bonds is 6. The number of fused-ring (bicyclic) bond motifs is 1. The van der Waals surface area contributed by atoms with E-state index in [1.54, 1.807) is 0 Å². The van der Waals surface area contributed by atoms with Crippen LogP contribution in [-0.2, 0) is 6.54 Å². The van der Waals surface area contributed by atoms with Crippen LogP contribution in [-0.4, -0.2) is 35.3 Å². The van der Waals surface area contributed by atoms with Gasteiger partial charge < -0.3 is 15.1 Å². The van der Waals surface area contributed by atoms with Crippen LogP contribution in [0.2, 0.25) is 5.02 Å². The van der Waals surface area contributed by atoms with Crippen LogP contribution in [0.25, 0.3) is 22.3 Å². The molecule has 0 atom stereocenters. The summed E-state index contributed by atoms with van der Waals surface area (Å²) in [5, 5.41) is 12.7. The molecule has 7 heteroatoms. The zero-order valence-electron chi connectivity index (χ0n) is 19.5. The average molecular weight is 477 g/mol. The zero-order chi connectivity index (χ0) is 23.7. The van der Waals surface area contributed by atoms with Crippen molar-refractivity contribution < 1.29 is 9.21 Å². The molecule has 34 heavy (non-hydrogen) atoms. The van der Waals surface area contributed by atoms with Crippen LogP contribution in [0.3, 0.4) is 0 Å². The van der Waals surface area contributed by atoms with Crippen molar-refractivity contribution in [2.45, 2.75) is 33.2 Å². The number of aryl methyl sites for hydroxylation is 2. The van der Waals surface area contributed by atoms with E-state index < -0.39 is 0 Å². The van der Waals surface area contributed by atoms with Gasteiger partial charge in [-0.1, -0.05) is 29.8 Å². The van der Waals surface area contributed by atoms with E-state index in [0.29, 0.717) is 29.7 Å². The second-order valence-electron chi connectivity index (χ2n) is 9.16. The molecule has 4 aromatic rings. The Morgan fingerprint density at radius 1 is 1.18 bits per heavy atom. The summed E-state index contributed by atoms with van der Waals surface area (Å²) in [6.45, 7) is 7.29. The molecule has 0 radical (unpaired) electrons. The summed E-state index contributed by atoms with van der Waals surface area (Å²) >= 11 is 6.40. The Hall–Kier alpha value is -3.09. The van der Waals surface area contributed by atoms with Crippen LogP contribution in [0.4, 0.5) is 0 Å². The third kappa shape index (κ3) is 4.74. The topological polar surface area (TPSA) is 72.1 Å². The van der Waals surface area contributed by atoms with Crippen molar-refractivity contribution in [2.24, 2.45) is 5.92 Å². The van der Waals surface area contributed by atoms with Gasteiger partial charge >= 0.3 is 0 Å². The highest BCUT2D eigenvalue weighted by atomic mass is 35.5. The second-order valence-corrected chi connectivity index (χ2v) is 9.57. The van der Waals surface area contributed by atoms with Gasteiger partial charge in [-0.05, 0) is 81.6 Å². The number of hydrogen-bond acceptors (Lipinski definition) is 4. The number of amides is 1. The van der Waals surface area contributed by atoms with Crippen LogP contribution in [0.1, 0.15) is 40.2 Å². The number of nitrogens with one attached hydrogen (secondary N) is 2. The molecule has 2 aromatic heterocycles. The maximum Gasteiger partial charge on any atom is 0.271 e. The maximum absolute atomic E-state index is 12.7. The summed E-state index contributed by atoms with van der Waals surface area (Å²) in [7, 11) is 0. The molecule has 3 heterocycles. The number of carbonyl (C=O) groups is 1. The lowest BCUT2D eigenvalue weighted by atomic mass is 9.98. The number of piperidine rings is 1. The number of nitrogens with zero attached hydrogens (tertiary/aromatic N) is 2. The fraction of sp³-hybridized carbons (Fsp3) is 0.333. The Morgan fingerprint density at radius 3 is 2.76 bits per heavy atom. The van der Waals surface area contributed by atoms with E-state index in [-0.39, 0.29) is 5.91 Å². The molecule has 176 valence electrons. The highest BCUT2D eigenvalue weighted by Crippen LogP contribution is 2.34. The fourth-order valence-corrected chi connectivity index (χ4v) is 4.89. The summed E-state index contributed by atoms with van der Waals surface area (Å²) in [4.78, 5) is 12.7. The normalized spacial score (nSPS) is 14.6. The van der Waals surface area contributed by atoms with E-state index in [0.717, 1.165) is 65.0 Å². The molecule has 6 nitrogen and oxygen atoms in total. The molecule has 1 amide bonds. The smallest absolute Gasteiger partial charge is 0.271 e. The van der Waals surface area contributed by atoms with Gasteiger partial charge in [0.05, 0.1) is 11.6 Å². The summed E-state index contributed by atoms with van der Waals surface area (Å²) in [6.07, 6.45) is 2.19. The molecule has 1 saturated heterocycles. The minimum atomic E-state index is -0.117. The molecule has 0 aliphatic carbocycles. The SMILES string of the molecule is Cc1cc(Cn2nc(C(=O)NCC3CCNCC3)cc2C)c2oc(-c3ccccc3Cl)cc2c1. The number of furan rings is 1. The van der Waals surface area contributed by atoms with Crippen LogP contribution < -0.4 is 10.6 Å². The summed E-state index contributed by atoms with van der Waals surface area (Å²) in [5.74, 6) is 1.15. The van der Waals surface area contributed by atoms with E-state index in [2.05, 4.69) is 34.8 Å². The minimum absolute atomic E-state index is 0.117. The van der Waals surface area contributed by atoms with E-state index >= 15 is 0 Å². The van der Waals surface area contributed by atoms with Crippen LogP contribution in [0.5, 0.6) is 0 Å². The zero-order valence-corrected chi connectivity index (χ0v) is 20.3. The van der Waals surface area contributed by atoms with Crippen molar-refractivity contribution in [3.8, 4) is 11.3 Å². The van der Waals surface area contributed by atoms with Gasteiger partial charge in [0.1, 0.15) is 17.0 Å². The molecule has 2 aromatic carbocycles. The first kappa shape index (κ1) is 22.7. The van der Waals surface area contributed by atoms with Gasteiger partial charge in [0, 0.05) is 28.8 Å². The Bertz CT molecular complexity index is 1330. The van der Waals surface area contributed by atoms with Gasteiger partial charge in [0.25, 0.3) is 5.91 Å². The highest BCUT2D eigenvalue weighted by molar-refractivity contribution is 6.33. The van der Waals surface area contributed by atoms with E-state index in [4.69, 9.17) is 16.0 Å². The number of halogens is 1. The molecular weight excluding hydrogens is 448 g/mol. The van der Waals surface area contributed by atoms with Crippen molar-refractivity contribution in [3.05, 3.63) is 76.1 Å². The standard InChI is InChI=1S/C27H29ClN4O2/c1-17-11-20-14-25(22-5-3-4-6-23(22)28)34-26(20)21(12-17)16-32-18(2)13-24(31-32)27(33)30-15-19-7-9-29-10-8-19/h3-6,11-14,19,29H,7-10,15-16H2,1-2H3,(H,30,33). The lowest BCUT2D eigenvalue weighted by Gasteiger charge is -2.22. The third-order valence-electron chi connectivity index (χ3n) is 6.52. The number of aromatic nitrogens is 2. The molecule has 0 saturated carbocycles. The van der Waals surface area contributed by atoms with Gasteiger partial charge in [0.15, 0.2) is 0 Å². The van der Waals surface area contributed by atoms with Gasteiger partial charge in [-0.3, -0.25) is 9.48 Å². The highest BCUT2D eigenvalue weighted by Gasteiger charge is 2.18. The van der Waals surface area contributed by atoms with Gasteiger partial charge in [-0.2, -0.15) is 5.10 Å². The summed E-state index contributed by atoms with van der Waals surface area (Å²) < 4.78 is 8.15. The van der Waals surface area contributed by atoms with Crippen molar-refractivity contribution in [2.75, 3.05) is 19.6 Å². The van der Waals surface area contributed by atoms with Crippen molar-refractivity contribution >= 4 is 28.5 Å². The molecule has 1 aliphatic heterocycles. The third-order valence-corrected chi connectivity index (χ3v) is 6.85. The lowest BCUT2D eigenvalue weighted by molar-refractivity contribution is 0.0938. The molecule has 5 rings (SSSR count). The quantitative estimate of drug-likeness (QED) is 0.394. The van der Waals surface area contributed by atoms with Gasteiger partial charge in [-0.15, -0.1) is 0 Å². The molecule has 0 spiro atoms. The molecule has 1 aliphatic rings. The summed E-state index contributed by atoms with van der Waals surface area (Å²) in [5.41, 5.74) is 5.21. The number of benzene rings is 2. The Morgan fingerprint density at radius 2 is 1.97 bits per heavy atom. The predicted octanol–water partition coefficient (Wildman–Crippen LogP) is 5.34. The second kappa shape index (κ2) is 9.65. The van der Waals surface area contributed by atoms with E-state index in [1.165, 1.54) is 0 Å². The van der Waals surface area contributed by atoms with Gasteiger partial charge in [-0.25, -0.2) is 0 Å². The fourth-order valence-electron chi connectivity index (χ4n) is 4.66. The van der Waals surface area contributed by atoms with Crippen LogP contribution in [0.15, 0.2) is 52.9 Å². The number of carbonyl (C=O) groups excluding carboxylic acids is 1. The predicted molar refractivity (Wildman–Crippen MR) is 135 cm³/mol. The van der Waals surface area contributed by atoms with E-state index in [9.17, 15) is 4.79 Å². The summed E-state index contributed by atoms with van der Waals surface area (Å²) in [6, 6.07) is 15.8. The van der Waals surface area contributed by atoms with Crippen molar-refractivity contribution in [3.63, 3.8) is 0 Å². The molecular formula is C27H29ClN4O2. The first-order valence-corrected chi connectivity index (χ1v) is 12.2. The average Bonchev–Trinajstić information content (AvgIpc) is 3.42. The first-order valence-electron chi connectivity index (χ1n) is 11.8. The molecule has 0 bridgehead atoms. The van der Waals surface area contributed by atoms with Crippen molar-refractivity contribution in [1.29, 1.82) is 0 Å². The largest absolute Gasteiger partial charge is 0.456 e. The van der Waals surface area contributed by atoms with Crippen LogP contribution >= 0.6 is 11.6 Å². The molecule has 0 unspecified atom stereocenters. The number of hydrogen-bond donors (Lipinski definition) is 2. The van der Waals surface area contributed by atoms with Crippen molar-refractivity contribution in [1.82, 2.24) is 20.4 Å². The Kier molecular flexibility index (Phi) is 6.44. The Balaban J connectivity index is 1.38.